The van der Waals surface area contributed by atoms with E-state index in [4.69, 9.17) is 0 Å². The highest BCUT2D eigenvalue weighted by Gasteiger charge is 2.27. The average Bonchev–Trinajstić information content (AvgIpc) is 3.19. The second-order valence-electron chi connectivity index (χ2n) is 4.83. The largest absolute Gasteiger partial charge is 0.252 e. The highest BCUT2D eigenvalue weighted by Crippen LogP contribution is 2.38. The van der Waals surface area contributed by atoms with Gasteiger partial charge in [-0.3, -0.25) is 3.97 Å². The van der Waals surface area contributed by atoms with Crippen molar-refractivity contribution in [2.45, 2.75) is 12.2 Å². The lowest BCUT2D eigenvalue weighted by Crippen LogP contribution is -2.17. The molecular weight excluding hydrogens is 334 g/mol. The van der Waals surface area contributed by atoms with Gasteiger partial charge >= 0.3 is 0 Å². The van der Waals surface area contributed by atoms with E-state index in [1.165, 1.54) is 26.3 Å². The molecule has 0 aromatic carbocycles. The van der Waals surface area contributed by atoms with Crippen LogP contribution in [-0.2, 0) is 10.0 Å². The van der Waals surface area contributed by atoms with Gasteiger partial charge in [0, 0.05) is 31.9 Å². The van der Waals surface area contributed by atoms with Crippen molar-refractivity contribution in [2.24, 2.45) is 0 Å². The predicted octanol–water partition coefficient (Wildman–Crippen LogP) is 4.69. The van der Waals surface area contributed by atoms with E-state index in [1.807, 2.05) is 12.1 Å². The van der Waals surface area contributed by atoms with Crippen LogP contribution in [0.3, 0.4) is 0 Å². The third-order valence-corrected chi connectivity index (χ3v) is 7.73. The number of nitrogens with zero attached hydrogens (tertiary/aromatic N) is 1. The van der Waals surface area contributed by atoms with Crippen LogP contribution in [0.25, 0.3) is 9.75 Å². The van der Waals surface area contributed by atoms with Gasteiger partial charge in [0.15, 0.2) is 0 Å². The third-order valence-electron chi connectivity index (χ3n) is 3.30. The Kier molecular flexibility index (Phi) is 4.08. The van der Waals surface area contributed by atoms with E-state index in [9.17, 15) is 8.42 Å². The van der Waals surface area contributed by atoms with Crippen molar-refractivity contribution in [1.82, 2.24) is 3.97 Å². The topological polar surface area (TPSA) is 39.1 Å². The molecule has 3 heterocycles. The van der Waals surface area contributed by atoms with Gasteiger partial charge in [0.05, 0.1) is 0 Å². The summed E-state index contributed by atoms with van der Waals surface area (Å²) >= 11 is 3.21. The van der Waals surface area contributed by atoms with Crippen molar-refractivity contribution >= 4 is 32.7 Å². The van der Waals surface area contributed by atoms with Gasteiger partial charge in [-0.25, -0.2) is 8.42 Å². The lowest BCUT2D eigenvalue weighted by atomic mass is 10.3. The van der Waals surface area contributed by atoms with Crippen LogP contribution in [0.5, 0.6) is 0 Å². The van der Waals surface area contributed by atoms with Crippen LogP contribution in [0.1, 0.15) is 15.0 Å². The molecule has 0 saturated heterocycles. The van der Waals surface area contributed by atoms with Gasteiger partial charge in [-0.2, -0.15) is 0 Å². The van der Waals surface area contributed by atoms with E-state index >= 15 is 0 Å². The SMILES string of the molecule is C=CC(c1ccc(-c2ccc(C)s2)s1)S(=O)(=O)n1cccc1. The molecule has 3 aromatic heterocycles. The quantitative estimate of drug-likeness (QED) is 0.627. The smallest absolute Gasteiger partial charge is 0.249 e. The monoisotopic (exact) mass is 349 g/mol. The van der Waals surface area contributed by atoms with Gasteiger partial charge in [-0.15, -0.1) is 29.3 Å². The maximum atomic E-state index is 12.7. The van der Waals surface area contributed by atoms with Gasteiger partial charge in [0.25, 0.3) is 0 Å². The van der Waals surface area contributed by atoms with Crippen LogP contribution < -0.4 is 0 Å². The average molecular weight is 350 g/mol. The first kappa shape index (κ1) is 15.3. The molecule has 0 fully saturated rings. The van der Waals surface area contributed by atoms with Crippen LogP contribution in [0, 0.1) is 6.92 Å². The highest BCUT2D eigenvalue weighted by atomic mass is 32.2. The van der Waals surface area contributed by atoms with E-state index in [1.54, 1.807) is 35.9 Å². The molecule has 3 aromatic rings. The summed E-state index contributed by atoms with van der Waals surface area (Å²) in [6.07, 6.45) is 4.58. The third kappa shape index (κ3) is 2.69. The fourth-order valence-electron chi connectivity index (χ4n) is 2.21. The molecule has 0 N–H and O–H groups in total. The molecule has 3 rings (SSSR count). The zero-order chi connectivity index (χ0) is 15.7. The first-order chi connectivity index (χ1) is 10.5. The van der Waals surface area contributed by atoms with Crippen LogP contribution >= 0.6 is 22.7 Å². The highest BCUT2D eigenvalue weighted by molar-refractivity contribution is 7.90. The standard InChI is InChI=1S/C16H15NO2S3/c1-3-16(22(18,19)17-10-4-5-11-17)15-9-8-14(21-15)13-7-6-12(2)20-13/h3-11,16H,1H2,2H3. The summed E-state index contributed by atoms with van der Waals surface area (Å²) in [5.74, 6) is 0. The molecule has 1 unspecified atom stereocenters. The minimum absolute atomic E-state index is 0.736. The number of hydrogen-bond donors (Lipinski definition) is 0. The summed E-state index contributed by atoms with van der Waals surface area (Å²) < 4.78 is 26.6. The molecule has 0 aliphatic heterocycles. The lowest BCUT2D eigenvalue weighted by molar-refractivity contribution is 0.582. The molecule has 0 saturated carbocycles. The predicted molar refractivity (Wildman–Crippen MR) is 94.1 cm³/mol. The normalized spacial score (nSPS) is 13.1. The van der Waals surface area contributed by atoms with Crippen molar-refractivity contribution in [2.75, 3.05) is 0 Å². The molecule has 0 aliphatic rings. The molecule has 114 valence electrons. The Morgan fingerprint density at radius 2 is 1.73 bits per heavy atom. The first-order valence-electron chi connectivity index (χ1n) is 6.69. The van der Waals surface area contributed by atoms with E-state index in [-0.39, 0.29) is 0 Å². The van der Waals surface area contributed by atoms with Crippen molar-refractivity contribution in [3.63, 3.8) is 0 Å². The van der Waals surface area contributed by atoms with E-state index in [0.717, 1.165) is 14.6 Å². The van der Waals surface area contributed by atoms with Crippen LogP contribution in [-0.4, -0.2) is 12.4 Å². The molecule has 0 radical (unpaired) electrons. The molecular formula is C16H15NO2S3. The van der Waals surface area contributed by atoms with Crippen molar-refractivity contribution in [1.29, 1.82) is 0 Å². The van der Waals surface area contributed by atoms with Gasteiger partial charge in [-0.05, 0) is 43.3 Å². The zero-order valence-electron chi connectivity index (χ0n) is 12.0. The second-order valence-corrected chi connectivity index (χ2v) is 9.19. The van der Waals surface area contributed by atoms with Crippen molar-refractivity contribution in [3.05, 3.63) is 71.2 Å². The minimum atomic E-state index is -3.51. The molecule has 0 aliphatic carbocycles. The summed E-state index contributed by atoms with van der Waals surface area (Å²) in [6.45, 7) is 5.78. The van der Waals surface area contributed by atoms with Crippen molar-refractivity contribution < 1.29 is 8.42 Å². The Balaban J connectivity index is 1.99. The molecule has 0 bridgehead atoms. The molecule has 0 spiro atoms. The Hall–Kier alpha value is -1.63. The summed E-state index contributed by atoms with van der Waals surface area (Å²) in [4.78, 5) is 4.27. The number of aromatic nitrogens is 1. The van der Waals surface area contributed by atoms with E-state index in [0.29, 0.717) is 0 Å². The van der Waals surface area contributed by atoms with Gasteiger partial charge < -0.3 is 0 Å². The first-order valence-corrected chi connectivity index (χ1v) is 9.82. The molecule has 6 heteroatoms. The fourth-order valence-corrected chi connectivity index (χ4v) is 6.02. The van der Waals surface area contributed by atoms with E-state index in [2.05, 4.69) is 25.6 Å². The Labute approximate surface area is 138 Å². The summed E-state index contributed by atoms with van der Waals surface area (Å²) in [5, 5.41) is -0.736. The number of thiophene rings is 2. The molecule has 3 nitrogen and oxygen atoms in total. The van der Waals surface area contributed by atoms with E-state index < -0.39 is 15.3 Å². The van der Waals surface area contributed by atoms with Gasteiger partial charge in [-0.1, -0.05) is 6.08 Å². The van der Waals surface area contributed by atoms with Crippen molar-refractivity contribution in [3.8, 4) is 9.75 Å². The van der Waals surface area contributed by atoms with Crippen LogP contribution in [0.4, 0.5) is 0 Å². The maximum Gasteiger partial charge on any atom is 0.249 e. The van der Waals surface area contributed by atoms with Crippen LogP contribution in [0.15, 0.2) is 61.4 Å². The second kappa shape index (κ2) is 5.87. The zero-order valence-corrected chi connectivity index (χ0v) is 14.4. The summed E-state index contributed by atoms with van der Waals surface area (Å²) in [7, 11) is -3.51. The summed E-state index contributed by atoms with van der Waals surface area (Å²) in [5.41, 5.74) is 0. The molecule has 22 heavy (non-hydrogen) atoms. The maximum absolute atomic E-state index is 12.7. The summed E-state index contributed by atoms with van der Waals surface area (Å²) in [6, 6.07) is 11.4. The minimum Gasteiger partial charge on any atom is -0.252 e. The number of rotatable bonds is 5. The number of hydrogen-bond acceptors (Lipinski definition) is 4. The molecule has 1 atom stereocenters. The lowest BCUT2D eigenvalue weighted by Gasteiger charge is -2.13. The number of aryl methyl sites for hydroxylation is 1. The Bertz CT molecular complexity index is 886. The van der Waals surface area contributed by atoms with Gasteiger partial charge in [0.2, 0.25) is 10.0 Å². The Morgan fingerprint density at radius 3 is 2.32 bits per heavy atom. The van der Waals surface area contributed by atoms with Gasteiger partial charge in [0.1, 0.15) is 5.25 Å². The molecule has 0 amide bonds. The Morgan fingerprint density at radius 1 is 1.09 bits per heavy atom. The van der Waals surface area contributed by atoms with Crippen LogP contribution in [0.2, 0.25) is 0 Å². The fraction of sp³-hybridized carbons (Fsp3) is 0.125.